The zero-order chi connectivity index (χ0) is 17.0. The monoisotopic (exact) mass is 356 g/mol. The van der Waals surface area contributed by atoms with E-state index in [4.69, 9.17) is 15.8 Å². The highest BCUT2D eigenvalue weighted by Crippen LogP contribution is 2.69. The number of rotatable bonds is 4. The summed E-state index contributed by atoms with van der Waals surface area (Å²) in [7, 11) is -2.16. The predicted molar refractivity (Wildman–Crippen MR) is 98.5 cm³/mol. The van der Waals surface area contributed by atoms with Crippen LogP contribution in [0.25, 0.3) is 0 Å². The van der Waals surface area contributed by atoms with E-state index in [1.54, 1.807) is 0 Å². The minimum absolute atomic E-state index is 0.312. The predicted octanol–water partition coefficient (Wildman–Crippen LogP) is 6.10. The molecular formula is C20H17ClO2S. The van der Waals surface area contributed by atoms with Gasteiger partial charge in [-0.1, -0.05) is 48.0 Å². The fraction of sp³-hybridized carbons (Fsp3) is 0.0500. The molecule has 0 saturated carbocycles. The van der Waals surface area contributed by atoms with Crippen LogP contribution in [0.1, 0.15) is 6.92 Å². The topological polar surface area (TPSA) is 26.3 Å². The van der Waals surface area contributed by atoms with Crippen molar-refractivity contribution in [3.8, 4) is 0 Å². The SMILES string of the molecule is CC(=O)OS(c1ccccc1)(c1ccccc1)c1ccc(Cl)cc1. The molecule has 0 spiro atoms. The van der Waals surface area contributed by atoms with E-state index in [1.165, 1.54) is 6.92 Å². The molecule has 0 bridgehead atoms. The Morgan fingerprint density at radius 1 is 0.750 bits per heavy atom. The van der Waals surface area contributed by atoms with Crippen LogP contribution in [0.15, 0.2) is 99.6 Å². The van der Waals surface area contributed by atoms with Gasteiger partial charge >= 0.3 is 5.97 Å². The van der Waals surface area contributed by atoms with Crippen molar-refractivity contribution in [1.82, 2.24) is 0 Å². The maximum atomic E-state index is 12.0. The Morgan fingerprint density at radius 2 is 1.17 bits per heavy atom. The molecule has 3 aromatic rings. The van der Waals surface area contributed by atoms with Gasteiger partial charge in [0.25, 0.3) is 0 Å². The van der Waals surface area contributed by atoms with Gasteiger partial charge in [0.1, 0.15) is 0 Å². The lowest BCUT2D eigenvalue weighted by atomic mass is 10.4. The Balaban J connectivity index is 2.32. The summed E-state index contributed by atoms with van der Waals surface area (Å²) in [6, 6.07) is 27.3. The Hall–Kier alpha value is -2.23. The van der Waals surface area contributed by atoms with E-state index >= 15 is 0 Å². The number of hydrogen-bond acceptors (Lipinski definition) is 2. The summed E-state index contributed by atoms with van der Waals surface area (Å²) in [6.07, 6.45) is 0. The van der Waals surface area contributed by atoms with E-state index in [0.29, 0.717) is 5.02 Å². The first-order valence-corrected chi connectivity index (χ1v) is 9.46. The molecule has 0 fully saturated rings. The molecule has 0 atom stereocenters. The van der Waals surface area contributed by atoms with Crippen LogP contribution in [0.2, 0.25) is 5.02 Å². The van der Waals surface area contributed by atoms with Gasteiger partial charge < -0.3 is 4.18 Å². The quantitative estimate of drug-likeness (QED) is 0.564. The van der Waals surface area contributed by atoms with Crippen LogP contribution in [-0.2, 0) is 8.98 Å². The molecule has 0 amide bonds. The number of carbonyl (C=O) groups excluding carboxylic acids is 1. The standard InChI is InChI=1S/C20H17ClO2S/c1-16(22)23-24(18-8-4-2-5-9-18,19-10-6-3-7-11-19)20-14-12-17(21)13-15-20/h2-15H,1H3. The first-order valence-electron chi connectivity index (χ1n) is 7.52. The minimum atomic E-state index is -2.16. The van der Waals surface area contributed by atoms with E-state index in [2.05, 4.69) is 0 Å². The highest BCUT2D eigenvalue weighted by Gasteiger charge is 2.34. The maximum Gasteiger partial charge on any atom is 0.313 e. The van der Waals surface area contributed by atoms with Gasteiger partial charge in [0.15, 0.2) is 0 Å². The average Bonchev–Trinajstić information content (AvgIpc) is 2.62. The van der Waals surface area contributed by atoms with E-state index in [0.717, 1.165) is 14.7 Å². The van der Waals surface area contributed by atoms with Crippen molar-refractivity contribution >= 4 is 27.9 Å². The molecule has 0 aliphatic carbocycles. The fourth-order valence-electron chi connectivity index (χ4n) is 2.58. The van der Waals surface area contributed by atoms with Gasteiger partial charge in [0.2, 0.25) is 0 Å². The van der Waals surface area contributed by atoms with E-state index in [9.17, 15) is 4.79 Å². The zero-order valence-electron chi connectivity index (χ0n) is 13.2. The molecule has 122 valence electrons. The molecule has 0 aromatic heterocycles. The molecule has 3 rings (SSSR count). The maximum absolute atomic E-state index is 12.0. The van der Waals surface area contributed by atoms with Crippen molar-refractivity contribution in [2.24, 2.45) is 0 Å². The van der Waals surface area contributed by atoms with Crippen LogP contribution < -0.4 is 0 Å². The third-order valence-electron chi connectivity index (χ3n) is 3.54. The lowest BCUT2D eigenvalue weighted by Gasteiger charge is -2.39. The molecule has 0 aliphatic rings. The second kappa shape index (κ2) is 7.12. The van der Waals surface area contributed by atoms with Gasteiger partial charge in [-0.3, -0.25) is 4.79 Å². The molecule has 3 aromatic carbocycles. The number of halogens is 1. The van der Waals surface area contributed by atoms with Crippen LogP contribution in [-0.4, -0.2) is 5.97 Å². The van der Waals surface area contributed by atoms with Gasteiger partial charge in [0, 0.05) is 26.6 Å². The summed E-state index contributed by atoms with van der Waals surface area (Å²) in [6.45, 7) is 1.45. The normalized spacial score (nSPS) is 11.8. The van der Waals surface area contributed by atoms with Gasteiger partial charge in [-0.2, -0.15) is 0 Å². The Bertz CT molecular complexity index is 778. The molecule has 4 heteroatoms. The average molecular weight is 357 g/mol. The summed E-state index contributed by atoms with van der Waals surface area (Å²) in [4.78, 5) is 14.9. The lowest BCUT2D eigenvalue weighted by molar-refractivity contribution is -0.131. The second-order valence-electron chi connectivity index (χ2n) is 5.21. The number of benzene rings is 3. The first-order chi connectivity index (χ1) is 11.6. The Labute approximate surface area is 148 Å². The molecule has 0 aliphatic heterocycles. The summed E-state index contributed by atoms with van der Waals surface area (Å²) in [5.41, 5.74) is 0. The summed E-state index contributed by atoms with van der Waals surface area (Å²) in [5.74, 6) is -0.312. The minimum Gasteiger partial charge on any atom is -0.402 e. The molecule has 0 N–H and O–H groups in total. The number of carbonyl (C=O) groups is 1. The Morgan fingerprint density at radius 3 is 1.58 bits per heavy atom. The van der Waals surface area contributed by atoms with Crippen molar-refractivity contribution in [2.75, 3.05) is 0 Å². The van der Waals surface area contributed by atoms with Gasteiger partial charge in [-0.05, 0) is 58.8 Å². The van der Waals surface area contributed by atoms with Gasteiger partial charge in [-0.25, -0.2) is 0 Å². The number of hydrogen-bond donors (Lipinski definition) is 0. The van der Waals surface area contributed by atoms with E-state index < -0.39 is 10.3 Å². The molecule has 24 heavy (non-hydrogen) atoms. The van der Waals surface area contributed by atoms with Crippen LogP contribution in [0.4, 0.5) is 0 Å². The summed E-state index contributed by atoms with van der Waals surface area (Å²) in [5, 5.41) is 0.649. The van der Waals surface area contributed by atoms with Crippen molar-refractivity contribution in [3.63, 3.8) is 0 Å². The van der Waals surface area contributed by atoms with Crippen molar-refractivity contribution < 1.29 is 8.98 Å². The van der Waals surface area contributed by atoms with Crippen LogP contribution in [0.5, 0.6) is 0 Å². The van der Waals surface area contributed by atoms with E-state index in [-0.39, 0.29) is 5.97 Å². The van der Waals surface area contributed by atoms with Crippen molar-refractivity contribution in [3.05, 3.63) is 90.0 Å². The second-order valence-corrected chi connectivity index (χ2v) is 8.34. The summed E-state index contributed by atoms with van der Waals surface area (Å²) >= 11 is 6.06. The van der Waals surface area contributed by atoms with Crippen LogP contribution in [0.3, 0.4) is 0 Å². The molecule has 0 unspecified atom stereocenters. The highest BCUT2D eigenvalue weighted by molar-refractivity contribution is 8.30. The first kappa shape index (κ1) is 16.6. The lowest BCUT2D eigenvalue weighted by Crippen LogP contribution is -2.11. The molecule has 0 radical (unpaired) electrons. The Kier molecular flexibility index (Phi) is 4.93. The molecular weight excluding hydrogens is 340 g/mol. The zero-order valence-corrected chi connectivity index (χ0v) is 14.8. The molecule has 2 nitrogen and oxygen atoms in total. The third-order valence-corrected chi connectivity index (χ3v) is 7.08. The largest absolute Gasteiger partial charge is 0.402 e. The van der Waals surface area contributed by atoms with Gasteiger partial charge in [-0.15, -0.1) is 0 Å². The fourth-order valence-corrected chi connectivity index (χ4v) is 5.76. The molecule has 0 heterocycles. The smallest absolute Gasteiger partial charge is 0.313 e. The molecule has 0 saturated heterocycles. The summed E-state index contributed by atoms with van der Waals surface area (Å²) < 4.78 is 6.04. The van der Waals surface area contributed by atoms with Crippen molar-refractivity contribution in [1.29, 1.82) is 0 Å². The van der Waals surface area contributed by atoms with Crippen LogP contribution >= 0.6 is 21.9 Å². The van der Waals surface area contributed by atoms with E-state index in [1.807, 2.05) is 84.9 Å². The van der Waals surface area contributed by atoms with Crippen molar-refractivity contribution in [2.45, 2.75) is 21.6 Å². The van der Waals surface area contributed by atoms with Crippen LogP contribution in [0, 0.1) is 0 Å². The van der Waals surface area contributed by atoms with Gasteiger partial charge in [0.05, 0.1) is 0 Å². The third kappa shape index (κ3) is 3.18. The highest BCUT2D eigenvalue weighted by atomic mass is 35.5.